The van der Waals surface area contributed by atoms with Crippen LogP contribution < -0.4 is 19.5 Å². The lowest BCUT2D eigenvalue weighted by molar-refractivity contribution is -0.112. The Labute approximate surface area is 239 Å². The molecule has 0 saturated heterocycles. The largest absolute Gasteiger partial charge is 0.490 e. The van der Waals surface area contributed by atoms with Gasteiger partial charge in [-0.05, 0) is 73.0 Å². The van der Waals surface area contributed by atoms with Crippen LogP contribution in [-0.2, 0) is 18.0 Å². The Morgan fingerprint density at radius 1 is 0.900 bits per heavy atom. The summed E-state index contributed by atoms with van der Waals surface area (Å²) in [5.74, 6) is 0.949. The number of hydrogen-bond acceptors (Lipinski definition) is 5. The first-order valence-corrected chi connectivity index (χ1v) is 13.2. The molecule has 0 spiro atoms. The van der Waals surface area contributed by atoms with Crippen molar-refractivity contribution in [1.82, 2.24) is 0 Å². The van der Waals surface area contributed by atoms with E-state index in [-0.39, 0.29) is 5.57 Å². The smallest absolute Gasteiger partial charge is 0.266 e. The summed E-state index contributed by atoms with van der Waals surface area (Å²) in [6, 6.07) is 30.1. The molecule has 0 radical (unpaired) electrons. The first-order valence-electron chi connectivity index (χ1n) is 12.8. The molecule has 4 rings (SSSR count). The minimum Gasteiger partial charge on any atom is -0.490 e. The van der Waals surface area contributed by atoms with Crippen LogP contribution in [0, 0.1) is 18.3 Å². The van der Waals surface area contributed by atoms with E-state index in [1.807, 2.05) is 74.5 Å². The van der Waals surface area contributed by atoms with Gasteiger partial charge >= 0.3 is 0 Å². The average molecular weight is 553 g/mol. The molecule has 0 fully saturated rings. The number of aryl methyl sites for hydroxylation is 1. The predicted molar refractivity (Wildman–Crippen MR) is 158 cm³/mol. The first-order chi connectivity index (χ1) is 19.4. The van der Waals surface area contributed by atoms with Crippen molar-refractivity contribution in [2.24, 2.45) is 0 Å². The van der Waals surface area contributed by atoms with E-state index >= 15 is 0 Å². The van der Waals surface area contributed by atoms with Gasteiger partial charge in [-0.25, -0.2) is 0 Å². The number of ether oxygens (including phenoxy) is 3. The van der Waals surface area contributed by atoms with Gasteiger partial charge in [0.15, 0.2) is 11.5 Å². The summed E-state index contributed by atoms with van der Waals surface area (Å²) < 4.78 is 17.5. The van der Waals surface area contributed by atoms with Crippen molar-refractivity contribution in [3.8, 4) is 23.3 Å². The molecule has 0 aliphatic carbocycles. The lowest BCUT2D eigenvalue weighted by atomic mass is 10.1. The number of anilines is 1. The number of nitriles is 1. The maximum Gasteiger partial charge on any atom is 0.266 e. The third kappa shape index (κ3) is 7.89. The minimum atomic E-state index is -0.547. The van der Waals surface area contributed by atoms with Crippen LogP contribution in [-0.4, -0.2) is 12.5 Å². The van der Waals surface area contributed by atoms with Crippen molar-refractivity contribution < 1.29 is 19.0 Å². The Morgan fingerprint density at radius 2 is 1.57 bits per heavy atom. The topological polar surface area (TPSA) is 80.6 Å². The normalized spacial score (nSPS) is 10.9. The van der Waals surface area contributed by atoms with Crippen LogP contribution in [0.2, 0.25) is 5.02 Å². The summed E-state index contributed by atoms with van der Waals surface area (Å²) >= 11 is 6.53. The van der Waals surface area contributed by atoms with Gasteiger partial charge in [0.25, 0.3) is 5.91 Å². The molecule has 4 aromatic rings. The molecule has 0 unspecified atom stereocenters. The van der Waals surface area contributed by atoms with E-state index in [1.54, 1.807) is 36.4 Å². The molecule has 6 nitrogen and oxygen atoms in total. The van der Waals surface area contributed by atoms with Gasteiger partial charge in [0.2, 0.25) is 0 Å². The average Bonchev–Trinajstić information content (AvgIpc) is 2.96. The summed E-state index contributed by atoms with van der Waals surface area (Å²) in [7, 11) is 0. The maximum atomic E-state index is 12.9. The van der Waals surface area contributed by atoms with E-state index in [0.717, 1.165) is 11.1 Å². The van der Waals surface area contributed by atoms with Crippen LogP contribution in [0.15, 0.2) is 96.6 Å². The number of nitrogens with one attached hydrogen (secondary N) is 1. The van der Waals surface area contributed by atoms with E-state index in [2.05, 4.69) is 5.32 Å². The van der Waals surface area contributed by atoms with Crippen molar-refractivity contribution in [3.63, 3.8) is 0 Å². The van der Waals surface area contributed by atoms with E-state index in [1.165, 1.54) is 11.6 Å². The van der Waals surface area contributed by atoms with Gasteiger partial charge in [-0.15, -0.1) is 0 Å². The van der Waals surface area contributed by atoms with Crippen LogP contribution in [0.5, 0.6) is 17.2 Å². The molecule has 202 valence electrons. The Kier molecular flexibility index (Phi) is 9.82. The molecular formula is C33H29ClN2O4. The fraction of sp³-hybridized carbons (Fsp3) is 0.152. The zero-order valence-electron chi connectivity index (χ0n) is 22.3. The first kappa shape index (κ1) is 28.3. The predicted octanol–water partition coefficient (Wildman–Crippen LogP) is 7.75. The minimum absolute atomic E-state index is 0.0869. The molecule has 1 N–H and O–H groups in total. The fourth-order valence-electron chi connectivity index (χ4n) is 3.80. The van der Waals surface area contributed by atoms with Gasteiger partial charge in [0.05, 0.1) is 11.6 Å². The highest BCUT2D eigenvalue weighted by molar-refractivity contribution is 6.32. The molecule has 0 aromatic heterocycles. The number of rotatable bonds is 11. The van der Waals surface area contributed by atoms with E-state index in [9.17, 15) is 10.1 Å². The van der Waals surface area contributed by atoms with Gasteiger partial charge in [0, 0.05) is 5.69 Å². The van der Waals surface area contributed by atoms with Gasteiger partial charge in [0.1, 0.15) is 30.6 Å². The molecule has 0 aliphatic rings. The maximum absolute atomic E-state index is 12.9. The molecule has 0 heterocycles. The summed E-state index contributed by atoms with van der Waals surface area (Å²) in [6.45, 7) is 5.04. The van der Waals surface area contributed by atoms with Crippen LogP contribution in [0.3, 0.4) is 0 Å². The quantitative estimate of drug-likeness (QED) is 0.152. The van der Waals surface area contributed by atoms with E-state index in [4.69, 9.17) is 25.8 Å². The molecule has 7 heteroatoms. The highest BCUT2D eigenvalue weighted by Gasteiger charge is 2.15. The number of hydrogen-bond donors (Lipinski definition) is 1. The number of carbonyl (C=O) groups excluding carboxylic acids is 1. The Balaban J connectivity index is 1.43. The Bertz CT molecular complexity index is 1510. The number of nitrogens with zero attached hydrogens (tertiary/aromatic N) is 1. The molecule has 0 atom stereocenters. The van der Waals surface area contributed by atoms with Crippen LogP contribution >= 0.6 is 11.6 Å². The highest BCUT2D eigenvalue weighted by atomic mass is 35.5. The summed E-state index contributed by atoms with van der Waals surface area (Å²) in [4.78, 5) is 12.9. The van der Waals surface area contributed by atoms with E-state index < -0.39 is 5.91 Å². The number of halogens is 1. The van der Waals surface area contributed by atoms with Gasteiger partial charge in [-0.2, -0.15) is 5.26 Å². The second-order valence-electron chi connectivity index (χ2n) is 8.96. The lowest BCUT2D eigenvalue weighted by Gasteiger charge is -2.15. The Hall–Kier alpha value is -4.73. The molecular weight excluding hydrogens is 524 g/mol. The van der Waals surface area contributed by atoms with Gasteiger partial charge in [-0.1, -0.05) is 71.8 Å². The van der Waals surface area contributed by atoms with Crippen LogP contribution in [0.4, 0.5) is 5.69 Å². The standard InChI is InChI=1S/C33H29ClN2O4/c1-3-38-31-19-26(18-30(34)32(31)40-22-24-7-5-4-6-8-24)17-27(20-35)33(37)36-28-13-15-29(16-14-28)39-21-25-11-9-23(2)10-12-25/h4-19H,3,21-22H2,1-2H3,(H,36,37)/b27-17+. The SMILES string of the molecule is CCOc1cc(/C=C(\C#N)C(=O)Nc2ccc(OCc3ccc(C)cc3)cc2)cc(Cl)c1OCc1ccccc1. The summed E-state index contributed by atoms with van der Waals surface area (Å²) in [6.07, 6.45) is 1.46. The van der Waals surface area contributed by atoms with Crippen molar-refractivity contribution in [2.45, 2.75) is 27.1 Å². The molecule has 4 aromatic carbocycles. The van der Waals surface area contributed by atoms with Crippen LogP contribution in [0.1, 0.15) is 29.2 Å². The molecule has 1 amide bonds. The summed E-state index contributed by atoms with van der Waals surface area (Å²) in [5, 5.41) is 12.8. The second kappa shape index (κ2) is 13.9. The molecule has 0 bridgehead atoms. The zero-order valence-corrected chi connectivity index (χ0v) is 23.1. The highest BCUT2D eigenvalue weighted by Crippen LogP contribution is 2.38. The number of amides is 1. The van der Waals surface area contributed by atoms with Crippen molar-refractivity contribution in [3.05, 3.63) is 124 Å². The van der Waals surface area contributed by atoms with E-state index in [0.29, 0.717) is 53.3 Å². The second-order valence-corrected chi connectivity index (χ2v) is 9.37. The van der Waals surface area contributed by atoms with Crippen molar-refractivity contribution in [1.29, 1.82) is 5.26 Å². The van der Waals surface area contributed by atoms with Gasteiger partial charge < -0.3 is 19.5 Å². The third-order valence-corrected chi connectivity index (χ3v) is 6.15. The monoisotopic (exact) mass is 552 g/mol. The summed E-state index contributed by atoms with van der Waals surface area (Å²) in [5.41, 5.74) is 4.22. The van der Waals surface area contributed by atoms with Crippen molar-refractivity contribution >= 4 is 29.3 Å². The lowest BCUT2D eigenvalue weighted by Crippen LogP contribution is -2.13. The Morgan fingerprint density at radius 3 is 2.25 bits per heavy atom. The van der Waals surface area contributed by atoms with Crippen molar-refractivity contribution in [2.75, 3.05) is 11.9 Å². The molecule has 0 saturated carbocycles. The fourth-order valence-corrected chi connectivity index (χ4v) is 4.08. The van der Waals surface area contributed by atoms with Gasteiger partial charge in [-0.3, -0.25) is 4.79 Å². The zero-order chi connectivity index (χ0) is 28.3. The number of benzene rings is 4. The van der Waals surface area contributed by atoms with Crippen LogP contribution in [0.25, 0.3) is 6.08 Å². The molecule has 40 heavy (non-hydrogen) atoms. The number of carbonyl (C=O) groups is 1. The third-order valence-electron chi connectivity index (χ3n) is 5.87. The molecule has 0 aliphatic heterocycles.